The van der Waals surface area contributed by atoms with Crippen molar-refractivity contribution in [3.63, 3.8) is 0 Å². The van der Waals surface area contributed by atoms with Crippen LogP contribution in [0.25, 0.3) is 0 Å². The predicted octanol–water partition coefficient (Wildman–Crippen LogP) is 4.14. The van der Waals surface area contributed by atoms with Gasteiger partial charge in [0.05, 0.1) is 18.8 Å². The summed E-state index contributed by atoms with van der Waals surface area (Å²) in [6, 6.07) is 0. The smallest absolute Gasteiger partial charge is 0.305 e. The SMILES string of the molecule is CCOC(=O)CC[C@@H](C)[C@H]1CC[C@H]2[C@@H]3C(=O)CC4CC(O)CC[C@]4(C)[C@H]3CC(O)[C@]12C. The summed E-state index contributed by atoms with van der Waals surface area (Å²) in [5, 5.41) is 21.8. The molecule has 4 aliphatic rings. The van der Waals surface area contributed by atoms with Crippen LogP contribution < -0.4 is 0 Å². The van der Waals surface area contributed by atoms with E-state index in [9.17, 15) is 19.8 Å². The van der Waals surface area contributed by atoms with Gasteiger partial charge in [-0.3, -0.25) is 9.59 Å². The van der Waals surface area contributed by atoms with Crippen molar-refractivity contribution < 1.29 is 24.5 Å². The third kappa shape index (κ3) is 3.68. The van der Waals surface area contributed by atoms with Crippen molar-refractivity contribution >= 4 is 11.8 Å². The van der Waals surface area contributed by atoms with Gasteiger partial charge in [0.2, 0.25) is 0 Å². The fraction of sp³-hybridized carbons (Fsp3) is 0.923. The second-order valence-electron chi connectivity index (χ2n) is 11.7. The molecular weight excluding hydrogens is 392 g/mol. The van der Waals surface area contributed by atoms with Crippen molar-refractivity contribution in [1.29, 1.82) is 0 Å². The first-order valence-electron chi connectivity index (χ1n) is 12.7. The Morgan fingerprint density at radius 2 is 1.90 bits per heavy atom. The molecule has 3 unspecified atom stereocenters. The first-order valence-corrected chi connectivity index (χ1v) is 12.7. The fourth-order valence-electron chi connectivity index (χ4n) is 8.62. The summed E-state index contributed by atoms with van der Waals surface area (Å²) in [4.78, 5) is 25.3. The quantitative estimate of drug-likeness (QED) is 0.636. The van der Waals surface area contributed by atoms with E-state index in [0.717, 1.165) is 38.5 Å². The number of hydrogen-bond donors (Lipinski definition) is 2. The Hall–Kier alpha value is -0.940. The number of fused-ring (bicyclic) bond motifs is 5. The zero-order valence-corrected chi connectivity index (χ0v) is 19.8. The van der Waals surface area contributed by atoms with E-state index in [1.54, 1.807) is 0 Å². The van der Waals surface area contributed by atoms with E-state index < -0.39 is 6.10 Å². The first-order chi connectivity index (χ1) is 14.6. The van der Waals surface area contributed by atoms with Crippen LogP contribution >= 0.6 is 0 Å². The topological polar surface area (TPSA) is 83.8 Å². The molecule has 0 aromatic rings. The number of carbonyl (C=O) groups excluding carboxylic acids is 2. The van der Waals surface area contributed by atoms with Gasteiger partial charge in [0.1, 0.15) is 5.78 Å². The van der Waals surface area contributed by atoms with Crippen LogP contribution in [0.2, 0.25) is 0 Å². The highest BCUT2D eigenvalue weighted by atomic mass is 16.5. The lowest BCUT2D eigenvalue weighted by atomic mass is 9.43. The van der Waals surface area contributed by atoms with E-state index in [0.29, 0.717) is 43.5 Å². The summed E-state index contributed by atoms with van der Waals surface area (Å²) >= 11 is 0. The summed E-state index contributed by atoms with van der Waals surface area (Å²) in [5.74, 6) is 1.64. The molecule has 5 heteroatoms. The lowest BCUT2D eigenvalue weighted by molar-refractivity contribution is -0.182. The highest BCUT2D eigenvalue weighted by Gasteiger charge is 2.65. The third-order valence-corrected chi connectivity index (χ3v) is 10.4. The van der Waals surface area contributed by atoms with Crippen LogP contribution in [0, 0.1) is 46.3 Å². The molecule has 0 radical (unpaired) electrons. The largest absolute Gasteiger partial charge is 0.466 e. The number of aliphatic hydroxyl groups excluding tert-OH is 2. The predicted molar refractivity (Wildman–Crippen MR) is 118 cm³/mol. The van der Waals surface area contributed by atoms with Gasteiger partial charge < -0.3 is 14.9 Å². The number of Topliss-reactive ketones (excluding diaryl/α,β-unsaturated/α-hetero) is 1. The van der Waals surface area contributed by atoms with E-state index in [4.69, 9.17) is 4.74 Å². The maximum Gasteiger partial charge on any atom is 0.305 e. The highest BCUT2D eigenvalue weighted by Crippen LogP contribution is 2.67. The van der Waals surface area contributed by atoms with Crippen molar-refractivity contribution in [2.45, 2.75) is 97.7 Å². The molecule has 4 fully saturated rings. The van der Waals surface area contributed by atoms with E-state index >= 15 is 0 Å². The second kappa shape index (κ2) is 8.44. The Labute approximate surface area is 187 Å². The van der Waals surface area contributed by atoms with Crippen LogP contribution in [0.15, 0.2) is 0 Å². The molecule has 5 nitrogen and oxygen atoms in total. The normalized spacial score (nSPS) is 47.8. The van der Waals surface area contributed by atoms with E-state index in [1.807, 2.05) is 6.92 Å². The lowest BCUT2D eigenvalue weighted by Crippen LogP contribution is -2.61. The number of ketones is 1. The summed E-state index contributed by atoms with van der Waals surface area (Å²) in [7, 11) is 0. The van der Waals surface area contributed by atoms with E-state index in [-0.39, 0.29) is 46.6 Å². The van der Waals surface area contributed by atoms with Gasteiger partial charge >= 0.3 is 5.97 Å². The van der Waals surface area contributed by atoms with Crippen molar-refractivity contribution in [2.75, 3.05) is 6.61 Å². The third-order valence-electron chi connectivity index (χ3n) is 10.4. The molecular formula is C26H42O5. The van der Waals surface area contributed by atoms with Crippen molar-refractivity contribution in [3.8, 4) is 0 Å². The molecule has 4 saturated carbocycles. The van der Waals surface area contributed by atoms with Gasteiger partial charge in [0.25, 0.3) is 0 Å². The van der Waals surface area contributed by atoms with Crippen LogP contribution in [0.1, 0.15) is 85.5 Å². The lowest BCUT2D eigenvalue weighted by Gasteiger charge is -2.61. The fourth-order valence-corrected chi connectivity index (χ4v) is 8.62. The second-order valence-corrected chi connectivity index (χ2v) is 11.7. The molecule has 0 aromatic heterocycles. The Morgan fingerprint density at radius 3 is 2.61 bits per heavy atom. The standard InChI is InChI=1S/C26H42O5/c1-5-31-23(30)9-6-15(2)18-7-8-19-24-20(14-22(29)26(18,19)4)25(3)11-10-17(27)12-16(25)13-21(24)28/h15-20,22,24,27,29H,5-14H2,1-4H3/t15-,16?,17?,18-,19+,20+,22?,24+,25+,26-/m1/s1. The molecule has 2 N–H and O–H groups in total. The Kier molecular flexibility index (Phi) is 6.33. The number of ether oxygens (including phenoxy) is 1. The molecule has 4 aliphatic carbocycles. The van der Waals surface area contributed by atoms with Gasteiger partial charge in [-0.2, -0.15) is 0 Å². The van der Waals surface area contributed by atoms with E-state index in [2.05, 4.69) is 20.8 Å². The van der Waals surface area contributed by atoms with Gasteiger partial charge in [-0.25, -0.2) is 0 Å². The number of aliphatic hydroxyl groups is 2. The number of hydrogen-bond acceptors (Lipinski definition) is 5. The van der Waals surface area contributed by atoms with Gasteiger partial charge in [-0.15, -0.1) is 0 Å². The Bertz CT molecular complexity index is 706. The minimum Gasteiger partial charge on any atom is -0.466 e. The molecule has 0 heterocycles. The molecule has 0 amide bonds. The van der Waals surface area contributed by atoms with Crippen LogP contribution in [-0.4, -0.2) is 40.8 Å². The molecule has 31 heavy (non-hydrogen) atoms. The highest BCUT2D eigenvalue weighted by molar-refractivity contribution is 5.83. The molecule has 10 atom stereocenters. The summed E-state index contributed by atoms with van der Waals surface area (Å²) < 4.78 is 5.11. The van der Waals surface area contributed by atoms with E-state index in [1.165, 1.54) is 0 Å². The van der Waals surface area contributed by atoms with Crippen molar-refractivity contribution in [1.82, 2.24) is 0 Å². The number of rotatable bonds is 5. The number of carbonyl (C=O) groups is 2. The zero-order chi connectivity index (χ0) is 22.6. The molecule has 0 aliphatic heterocycles. The van der Waals surface area contributed by atoms with Gasteiger partial charge in [-0.1, -0.05) is 20.8 Å². The van der Waals surface area contributed by atoms with Crippen LogP contribution in [0.4, 0.5) is 0 Å². The molecule has 0 bridgehead atoms. The van der Waals surface area contributed by atoms with Gasteiger partial charge in [0.15, 0.2) is 0 Å². The maximum atomic E-state index is 13.5. The zero-order valence-electron chi connectivity index (χ0n) is 19.8. The van der Waals surface area contributed by atoms with Gasteiger partial charge in [0, 0.05) is 24.2 Å². The summed E-state index contributed by atoms with van der Waals surface area (Å²) in [6.07, 6.45) is 6.34. The van der Waals surface area contributed by atoms with Gasteiger partial charge in [-0.05, 0) is 86.9 Å². The first kappa shape index (κ1) is 23.2. The number of esters is 1. The molecule has 0 spiro atoms. The summed E-state index contributed by atoms with van der Waals surface area (Å²) in [5.41, 5.74) is -0.212. The molecule has 4 rings (SSSR count). The molecule has 0 aromatic carbocycles. The molecule has 0 saturated heterocycles. The van der Waals surface area contributed by atoms with Crippen molar-refractivity contribution in [3.05, 3.63) is 0 Å². The average Bonchev–Trinajstić information content (AvgIpc) is 3.07. The summed E-state index contributed by atoms with van der Waals surface area (Å²) in [6.45, 7) is 9.01. The maximum absolute atomic E-state index is 13.5. The van der Waals surface area contributed by atoms with Crippen LogP contribution in [0.5, 0.6) is 0 Å². The van der Waals surface area contributed by atoms with Crippen molar-refractivity contribution in [2.24, 2.45) is 46.3 Å². The monoisotopic (exact) mass is 434 g/mol. The van der Waals surface area contributed by atoms with Crippen LogP contribution in [-0.2, 0) is 14.3 Å². The minimum atomic E-state index is -0.411. The molecule has 176 valence electrons. The Morgan fingerprint density at radius 1 is 1.16 bits per heavy atom. The van der Waals surface area contributed by atoms with Crippen LogP contribution in [0.3, 0.4) is 0 Å². The Balaban J connectivity index is 1.55. The minimum absolute atomic E-state index is 0.0483. The average molecular weight is 435 g/mol.